The third-order valence-corrected chi connectivity index (χ3v) is 3.19. The van der Waals surface area contributed by atoms with Gasteiger partial charge in [0.1, 0.15) is 5.75 Å². The van der Waals surface area contributed by atoms with Crippen LogP contribution in [0.3, 0.4) is 0 Å². The van der Waals surface area contributed by atoms with Gasteiger partial charge in [-0.1, -0.05) is 23.8 Å². The number of hydrogen-bond donors (Lipinski definition) is 2. The van der Waals surface area contributed by atoms with E-state index < -0.39 is 0 Å². The molecule has 0 saturated heterocycles. The van der Waals surface area contributed by atoms with Crippen LogP contribution in [0.1, 0.15) is 13.3 Å². The molecule has 2 unspecified atom stereocenters. The van der Waals surface area contributed by atoms with Crippen LogP contribution < -0.4 is 15.8 Å². The fourth-order valence-corrected chi connectivity index (χ4v) is 2.20. The molecule has 4 nitrogen and oxygen atoms in total. The molecule has 2 rings (SSSR count). The fraction of sp³-hybridized carbons (Fsp3) is 0.357. The van der Waals surface area contributed by atoms with E-state index in [1.165, 1.54) is 0 Å². The van der Waals surface area contributed by atoms with Gasteiger partial charge in [-0.2, -0.15) is 0 Å². The van der Waals surface area contributed by atoms with Crippen molar-refractivity contribution in [2.24, 2.45) is 11.7 Å². The van der Waals surface area contributed by atoms with E-state index in [0.29, 0.717) is 29.5 Å². The molecule has 0 bridgehead atoms. The van der Waals surface area contributed by atoms with Crippen LogP contribution in [0.15, 0.2) is 30.4 Å². The number of halogens is 1. The molecule has 0 saturated carbocycles. The maximum absolute atomic E-state index is 12.1. The van der Waals surface area contributed by atoms with Gasteiger partial charge in [0.05, 0.1) is 18.2 Å². The third-order valence-electron chi connectivity index (χ3n) is 2.95. The Bertz CT molecular complexity index is 502. The summed E-state index contributed by atoms with van der Waals surface area (Å²) in [5, 5.41) is 3.40. The average Bonchev–Trinajstić information content (AvgIpc) is 2.80. The third kappa shape index (κ3) is 3.49. The number of ether oxygens (including phenoxy) is 1. The van der Waals surface area contributed by atoms with Crippen molar-refractivity contribution in [3.63, 3.8) is 0 Å². The van der Waals surface area contributed by atoms with Gasteiger partial charge in [-0.05, 0) is 31.5 Å². The van der Waals surface area contributed by atoms with Crippen LogP contribution in [0.25, 0.3) is 0 Å². The number of benzene rings is 1. The summed E-state index contributed by atoms with van der Waals surface area (Å²) < 4.78 is 5.46. The number of nitrogens with one attached hydrogen (secondary N) is 1. The minimum Gasteiger partial charge on any atom is -0.492 e. The van der Waals surface area contributed by atoms with Crippen molar-refractivity contribution >= 4 is 23.2 Å². The normalized spacial score (nSPS) is 21.4. The number of carbonyl (C=O) groups is 1. The molecular weight excluding hydrogens is 264 g/mol. The molecule has 0 radical (unpaired) electrons. The number of amides is 1. The van der Waals surface area contributed by atoms with Crippen LogP contribution in [0.5, 0.6) is 5.75 Å². The van der Waals surface area contributed by atoms with Gasteiger partial charge in [0, 0.05) is 11.1 Å². The molecule has 0 spiro atoms. The van der Waals surface area contributed by atoms with E-state index in [1.807, 2.05) is 19.1 Å². The predicted molar refractivity (Wildman–Crippen MR) is 76.5 cm³/mol. The van der Waals surface area contributed by atoms with Crippen LogP contribution in [0.4, 0.5) is 5.69 Å². The molecule has 0 aromatic heterocycles. The maximum atomic E-state index is 12.1. The summed E-state index contributed by atoms with van der Waals surface area (Å²) in [4.78, 5) is 12.1. The molecule has 1 aliphatic rings. The number of nitrogens with two attached hydrogens (primary N) is 1. The van der Waals surface area contributed by atoms with Gasteiger partial charge in [0.25, 0.3) is 0 Å². The van der Waals surface area contributed by atoms with Crippen LogP contribution in [0.2, 0.25) is 5.02 Å². The predicted octanol–water partition coefficient (Wildman–Crippen LogP) is 2.58. The second-order valence-corrected chi connectivity index (χ2v) is 4.89. The van der Waals surface area contributed by atoms with E-state index in [2.05, 4.69) is 5.32 Å². The molecule has 1 aliphatic carbocycles. The van der Waals surface area contributed by atoms with E-state index in [0.717, 1.165) is 0 Å². The maximum Gasteiger partial charge on any atom is 0.231 e. The first-order chi connectivity index (χ1) is 9.10. The van der Waals surface area contributed by atoms with Crippen molar-refractivity contribution in [1.82, 2.24) is 0 Å². The molecule has 1 aromatic carbocycles. The van der Waals surface area contributed by atoms with Gasteiger partial charge in [-0.3, -0.25) is 4.79 Å². The van der Waals surface area contributed by atoms with Crippen LogP contribution in [-0.2, 0) is 4.79 Å². The van der Waals surface area contributed by atoms with E-state index >= 15 is 0 Å². The molecule has 0 fully saturated rings. The summed E-state index contributed by atoms with van der Waals surface area (Å²) in [5.74, 6) is 0.336. The Hall–Kier alpha value is -1.52. The smallest absolute Gasteiger partial charge is 0.231 e. The summed E-state index contributed by atoms with van der Waals surface area (Å²) in [5.41, 5.74) is 6.34. The molecule has 5 heteroatoms. The number of anilines is 1. The minimum absolute atomic E-state index is 0.0403. The minimum atomic E-state index is -0.191. The first-order valence-corrected chi connectivity index (χ1v) is 6.65. The quantitative estimate of drug-likeness (QED) is 0.833. The zero-order chi connectivity index (χ0) is 13.8. The van der Waals surface area contributed by atoms with Gasteiger partial charge >= 0.3 is 0 Å². The summed E-state index contributed by atoms with van der Waals surface area (Å²) in [6.07, 6.45) is 4.33. The van der Waals surface area contributed by atoms with Crippen molar-refractivity contribution in [2.45, 2.75) is 19.4 Å². The zero-order valence-electron chi connectivity index (χ0n) is 10.7. The molecule has 1 aromatic rings. The van der Waals surface area contributed by atoms with Gasteiger partial charge in [-0.25, -0.2) is 0 Å². The van der Waals surface area contributed by atoms with Crippen LogP contribution >= 0.6 is 11.6 Å². The van der Waals surface area contributed by atoms with Crippen LogP contribution in [0, 0.1) is 5.92 Å². The first-order valence-electron chi connectivity index (χ1n) is 6.27. The van der Waals surface area contributed by atoms with E-state index in [1.54, 1.807) is 18.2 Å². The van der Waals surface area contributed by atoms with E-state index in [-0.39, 0.29) is 17.9 Å². The summed E-state index contributed by atoms with van der Waals surface area (Å²) in [6, 6.07) is 5.12. The highest BCUT2D eigenvalue weighted by molar-refractivity contribution is 6.31. The fourth-order valence-electron chi connectivity index (χ4n) is 2.03. The standard InChI is InChI=1S/C14H17ClN2O2/c1-2-19-13-6-4-10(15)8-12(13)17-14(18)9-3-5-11(16)7-9/h3-6,8-9,11H,2,7,16H2,1H3,(H,17,18). The highest BCUT2D eigenvalue weighted by Crippen LogP contribution is 2.29. The Morgan fingerprint density at radius 3 is 2.95 bits per heavy atom. The summed E-state index contributed by atoms with van der Waals surface area (Å²) >= 11 is 5.94. The molecule has 3 N–H and O–H groups in total. The number of hydrogen-bond acceptors (Lipinski definition) is 3. The highest BCUT2D eigenvalue weighted by Gasteiger charge is 2.23. The SMILES string of the molecule is CCOc1ccc(Cl)cc1NC(=O)C1C=CC(N)C1. The Balaban J connectivity index is 2.11. The summed E-state index contributed by atoms with van der Waals surface area (Å²) in [6.45, 7) is 2.41. The Morgan fingerprint density at radius 2 is 2.32 bits per heavy atom. The van der Waals surface area contributed by atoms with Crippen molar-refractivity contribution in [2.75, 3.05) is 11.9 Å². The van der Waals surface area contributed by atoms with Crippen molar-refractivity contribution < 1.29 is 9.53 Å². The lowest BCUT2D eigenvalue weighted by atomic mass is 10.1. The van der Waals surface area contributed by atoms with Crippen molar-refractivity contribution in [3.05, 3.63) is 35.4 Å². The van der Waals surface area contributed by atoms with E-state index in [4.69, 9.17) is 22.1 Å². The van der Waals surface area contributed by atoms with Crippen molar-refractivity contribution in [1.29, 1.82) is 0 Å². The lowest BCUT2D eigenvalue weighted by Gasteiger charge is -2.14. The molecule has 19 heavy (non-hydrogen) atoms. The molecular formula is C14H17ClN2O2. The molecule has 0 aliphatic heterocycles. The van der Waals surface area contributed by atoms with Gasteiger partial charge in [0.2, 0.25) is 5.91 Å². The first kappa shape index (κ1) is 13.9. The molecule has 0 heterocycles. The Kier molecular flexibility index (Phi) is 4.45. The van der Waals surface area contributed by atoms with E-state index in [9.17, 15) is 4.79 Å². The lowest BCUT2D eigenvalue weighted by molar-refractivity contribution is -0.118. The largest absolute Gasteiger partial charge is 0.492 e. The van der Waals surface area contributed by atoms with Gasteiger partial charge in [-0.15, -0.1) is 0 Å². The zero-order valence-corrected chi connectivity index (χ0v) is 11.5. The molecule has 2 atom stereocenters. The number of carbonyl (C=O) groups excluding carboxylic acids is 1. The van der Waals surface area contributed by atoms with Crippen LogP contribution in [-0.4, -0.2) is 18.6 Å². The van der Waals surface area contributed by atoms with Crippen molar-refractivity contribution in [3.8, 4) is 5.75 Å². The van der Waals surface area contributed by atoms with Gasteiger partial charge in [0.15, 0.2) is 0 Å². The Morgan fingerprint density at radius 1 is 1.53 bits per heavy atom. The second-order valence-electron chi connectivity index (χ2n) is 4.45. The Labute approximate surface area is 117 Å². The van der Waals surface area contributed by atoms with Gasteiger partial charge < -0.3 is 15.8 Å². The topological polar surface area (TPSA) is 64.3 Å². The second kappa shape index (κ2) is 6.08. The number of rotatable bonds is 4. The molecule has 102 valence electrons. The highest BCUT2D eigenvalue weighted by atomic mass is 35.5. The molecule has 1 amide bonds. The monoisotopic (exact) mass is 280 g/mol. The average molecular weight is 281 g/mol. The lowest BCUT2D eigenvalue weighted by Crippen LogP contribution is -2.24. The summed E-state index contributed by atoms with van der Waals surface area (Å²) in [7, 11) is 0.